The second-order valence-corrected chi connectivity index (χ2v) is 9.31. The van der Waals surface area contributed by atoms with Gasteiger partial charge in [0, 0.05) is 19.0 Å². The van der Waals surface area contributed by atoms with E-state index in [4.69, 9.17) is 16.1 Å². The Morgan fingerprint density at radius 2 is 1.97 bits per heavy atom. The lowest BCUT2D eigenvalue weighted by atomic mass is 9.91. The van der Waals surface area contributed by atoms with Gasteiger partial charge in [-0.15, -0.1) is 0 Å². The minimum absolute atomic E-state index is 0.0522. The first kappa shape index (κ1) is 20.1. The molecule has 2 amide bonds. The van der Waals surface area contributed by atoms with Gasteiger partial charge in [-0.25, -0.2) is 9.78 Å². The molecule has 2 aromatic heterocycles. The Bertz CT molecular complexity index is 1160. The molecule has 8 nitrogen and oxygen atoms in total. The summed E-state index contributed by atoms with van der Waals surface area (Å²) >= 11 is 6.66. The van der Waals surface area contributed by atoms with Gasteiger partial charge in [0.1, 0.15) is 6.33 Å². The highest BCUT2D eigenvalue weighted by molar-refractivity contribution is 6.34. The van der Waals surface area contributed by atoms with Crippen LogP contribution in [0.25, 0.3) is 17.3 Å². The van der Waals surface area contributed by atoms with Crippen molar-refractivity contribution in [2.75, 3.05) is 18.0 Å². The van der Waals surface area contributed by atoms with E-state index in [1.807, 2.05) is 55.4 Å². The van der Waals surface area contributed by atoms with E-state index < -0.39 is 5.54 Å². The highest BCUT2D eigenvalue weighted by Gasteiger charge is 2.47. The van der Waals surface area contributed by atoms with Gasteiger partial charge in [-0.2, -0.15) is 4.98 Å². The van der Waals surface area contributed by atoms with Crippen LogP contribution < -0.4 is 4.90 Å². The third-order valence-electron chi connectivity index (χ3n) is 6.08. The molecule has 0 saturated carbocycles. The van der Waals surface area contributed by atoms with Gasteiger partial charge in [-0.1, -0.05) is 36.7 Å². The number of halogens is 1. The summed E-state index contributed by atoms with van der Waals surface area (Å²) in [5.41, 5.74) is 2.13. The molecular formula is C22H25ClN6O2. The van der Waals surface area contributed by atoms with Crippen LogP contribution in [0.5, 0.6) is 0 Å². The summed E-state index contributed by atoms with van der Waals surface area (Å²) in [4.78, 5) is 26.6. The molecule has 0 atom stereocenters. The van der Waals surface area contributed by atoms with E-state index in [2.05, 4.69) is 15.1 Å². The summed E-state index contributed by atoms with van der Waals surface area (Å²) in [6.45, 7) is 9.53. The topological polar surface area (TPSA) is 80.3 Å². The second-order valence-electron chi connectivity index (χ2n) is 8.90. The molecule has 162 valence electrons. The summed E-state index contributed by atoms with van der Waals surface area (Å²) in [5.74, 6) is 1.11. The molecule has 0 unspecified atom stereocenters. The number of rotatable bonds is 2. The lowest BCUT2D eigenvalue weighted by Gasteiger charge is -2.45. The van der Waals surface area contributed by atoms with Crippen molar-refractivity contribution in [2.24, 2.45) is 0 Å². The smallest absolute Gasteiger partial charge is 0.325 e. The van der Waals surface area contributed by atoms with Gasteiger partial charge in [-0.3, -0.25) is 9.47 Å². The molecule has 1 fully saturated rings. The van der Waals surface area contributed by atoms with Crippen LogP contribution in [-0.2, 0) is 5.54 Å². The first-order valence-electron chi connectivity index (χ1n) is 10.6. The summed E-state index contributed by atoms with van der Waals surface area (Å²) in [7, 11) is 0. The number of carbonyl (C=O) groups excluding carboxylic acids is 1. The fourth-order valence-corrected chi connectivity index (χ4v) is 4.78. The zero-order valence-corrected chi connectivity index (χ0v) is 18.8. The number of para-hydroxylation sites is 1. The Morgan fingerprint density at radius 3 is 2.65 bits per heavy atom. The number of amides is 2. The van der Waals surface area contributed by atoms with Crippen molar-refractivity contribution in [3.8, 4) is 17.3 Å². The monoisotopic (exact) mass is 440 g/mol. The average Bonchev–Trinajstić information content (AvgIpc) is 3.47. The van der Waals surface area contributed by atoms with Gasteiger partial charge in [0.25, 0.3) is 5.89 Å². The first-order chi connectivity index (χ1) is 14.8. The van der Waals surface area contributed by atoms with E-state index >= 15 is 0 Å². The maximum Gasteiger partial charge on any atom is 0.325 e. The maximum absolute atomic E-state index is 13.7. The third-order valence-corrected chi connectivity index (χ3v) is 6.39. The van der Waals surface area contributed by atoms with Crippen molar-refractivity contribution < 1.29 is 9.32 Å². The zero-order valence-electron chi connectivity index (χ0n) is 18.1. The van der Waals surface area contributed by atoms with E-state index in [1.165, 1.54) is 0 Å². The fourth-order valence-electron chi connectivity index (χ4n) is 4.53. The van der Waals surface area contributed by atoms with Crippen molar-refractivity contribution in [3.63, 3.8) is 0 Å². The molecule has 0 spiro atoms. The highest BCUT2D eigenvalue weighted by Crippen LogP contribution is 2.48. The molecule has 2 aliphatic rings. The van der Waals surface area contributed by atoms with E-state index in [9.17, 15) is 4.79 Å². The molecule has 0 N–H and O–H groups in total. The molecule has 31 heavy (non-hydrogen) atoms. The summed E-state index contributed by atoms with van der Waals surface area (Å²) in [5, 5.41) is 4.63. The molecule has 5 rings (SSSR count). The largest absolute Gasteiger partial charge is 0.332 e. The van der Waals surface area contributed by atoms with Gasteiger partial charge >= 0.3 is 6.03 Å². The predicted octanol–water partition coefficient (Wildman–Crippen LogP) is 4.97. The number of carbonyl (C=O) groups is 1. The Balaban J connectivity index is 1.72. The second kappa shape index (κ2) is 7.09. The van der Waals surface area contributed by atoms with Gasteiger partial charge in [0.15, 0.2) is 11.5 Å². The van der Waals surface area contributed by atoms with E-state index in [1.54, 1.807) is 11.2 Å². The lowest BCUT2D eigenvalue weighted by molar-refractivity contribution is 0.207. The number of likely N-dealkylation sites (tertiary alicyclic amines) is 1. The average molecular weight is 441 g/mol. The van der Waals surface area contributed by atoms with Crippen LogP contribution in [0.1, 0.15) is 58.0 Å². The molecular weight excluding hydrogens is 416 g/mol. The van der Waals surface area contributed by atoms with Gasteiger partial charge in [0.2, 0.25) is 0 Å². The molecule has 0 radical (unpaired) electrons. The van der Waals surface area contributed by atoms with Crippen LogP contribution in [0.2, 0.25) is 5.02 Å². The van der Waals surface area contributed by atoms with E-state index in [0.717, 1.165) is 37.3 Å². The van der Waals surface area contributed by atoms with Crippen LogP contribution in [0, 0.1) is 0 Å². The number of anilines is 1. The van der Waals surface area contributed by atoms with Crippen LogP contribution in [0.3, 0.4) is 0 Å². The number of hydrogen-bond donors (Lipinski definition) is 0. The number of aromatic nitrogens is 4. The van der Waals surface area contributed by atoms with Crippen LogP contribution in [0.4, 0.5) is 10.5 Å². The number of fused-ring (bicyclic) bond motifs is 3. The molecule has 9 heteroatoms. The van der Waals surface area contributed by atoms with Gasteiger partial charge in [-0.05, 0) is 38.8 Å². The maximum atomic E-state index is 13.7. The molecule has 1 aromatic carbocycles. The van der Waals surface area contributed by atoms with E-state index in [-0.39, 0.29) is 11.9 Å². The van der Waals surface area contributed by atoms with Crippen molar-refractivity contribution >= 4 is 23.3 Å². The molecule has 0 bridgehead atoms. The quantitative estimate of drug-likeness (QED) is 0.562. The summed E-state index contributed by atoms with van der Waals surface area (Å²) in [6.07, 6.45) is 3.76. The summed E-state index contributed by atoms with van der Waals surface area (Å²) < 4.78 is 7.54. The minimum atomic E-state index is -0.754. The van der Waals surface area contributed by atoms with Gasteiger partial charge < -0.3 is 9.42 Å². The van der Waals surface area contributed by atoms with Crippen LogP contribution >= 0.6 is 11.6 Å². The standard InChI is InChI=1S/C22H25ClN6O2/c1-13(2)19-25-20(31-26-19)16-18-22(3,4)29(21(30)27-10-5-6-11-27)17-14(23)8-7-9-15(17)28(18)12-24-16/h7-9,12-13H,5-6,10-11H2,1-4H3. The Kier molecular flexibility index (Phi) is 4.58. The minimum Gasteiger partial charge on any atom is -0.332 e. The Labute approximate surface area is 185 Å². The van der Waals surface area contributed by atoms with Crippen molar-refractivity contribution in [1.29, 1.82) is 0 Å². The molecule has 0 aliphatic carbocycles. The van der Waals surface area contributed by atoms with Crippen LogP contribution in [-0.4, -0.2) is 43.7 Å². The summed E-state index contributed by atoms with van der Waals surface area (Å²) in [6, 6.07) is 5.59. The highest BCUT2D eigenvalue weighted by atomic mass is 35.5. The Hall–Kier alpha value is -2.87. The molecule has 3 aromatic rings. The van der Waals surface area contributed by atoms with Crippen molar-refractivity contribution in [2.45, 2.75) is 52.0 Å². The molecule has 4 heterocycles. The molecule has 2 aliphatic heterocycles. The first-order valence-corrected chi connectivity index (χ1v) is 11.0. The SMILES string of the molecule is CC(C)c1noc(-c2ncn3c2C(C)(C)N(C(=O)N2CCCC2)c2c(Cl)cccc2-3)n1. The fraction of sp³-hybridized carbons (Fsp3) is 0.455. The lowest BCUT2D eigenvalue weighted by Crippen LogP contribution is -2.54. The number of benzene rings is 1. The van der Waals surface area contributed by atoms with Gasteiger partial charge in [0.05, 0.1) is 27.6 Å². The molecule has 1 saturated heterocycles. The number of imidazole rings is 1. The normalized spacial score (nSPS) is 17.2. The van der Waals surface area contributed by atoms with Crippen molar-refractivity contribution in [1.82, 2.24) is 24.6 Å². The Morgan fingerprint density at radius 1 is 1.23 bits per heavy atom. The third kappa shape index (κ3) is 2.96. The predicted molar refractivity (Wildman–Crippen MR) is 118 cm³/mol. The number of hydrogen-bond acceptors (Lipinski definition) is 5. The van der Waals surface area contributed by atoms with Crippen molar-refractivity contribution in [3.05, 3.63) is 41.1 Å². The van der Waals surface area contributed by atoms with Crippen LogP contribution in [0.15, 0.2) is 29.0 Å². The number of urea groups is 1. The van der Waals surface area contributed by atoms with E-state index in [0.29, 0.717) is 28.1 Å². The number of nitrogens with zero attached hydrogens (tertiary/aromatic N) is 6. The zero-order chi connectivity index (χ0) is 21.9.